The highest BCUT2D eigenvalue weighted by Gasteiger charge is 2.57. The molecular weight excluding hydrogens is 399 g/mol. The number of fused-ring (bicyclic) bond motifs is 2. The van der Waals surface area contributed by atoms with Crippen LogP contribution in [0.4, 0.5) is 18.0 Å². The normalized spacial score (nSPS) is 14.2. The van der Waals surface area contributed by atoms with Crippen LogP contribution in [-0.2, 0) is 17.4 Å². The summed E-state index contributed by atoms with van der Waals surface area (Å²) in [6, 6.07) is 10.2. The van der Waals surface area contributed by atoms with E-state index in [-0.39, 0.29) is 28.6 Å². The van der Waals surface area contributed by atoms with Gasteiger partial charge in [0.25, 0.3) is 0 Å². The second-order valence-corrected chi connectivity index (χ2v) is 6.91. The number of alkyl halides is 3. The fourth-order valence-corrected chi connectivity index (χ4v) is 3.69. The third kappa shape index (κ3) is 2.85. The van der Waals surface area contributed by atoms with Crippen LogP contribution in [0.1, 0.15) is 18.1 Å². The van der Waals surface area contributed by atoms with E-state index < -0.39 is 17.9 Å². The molecule has 4 aromatic rings. The Morgan fingerprint density at radius 1 is 1.17 bits per heavy atom. The number of aromatic nitrogens is 3. The van der Waals surface area contributed by atoms with E-state index in [2.05, 4.69) is 5.10 Å². The van der Waals surface area contributed by atoms with Crippen LogP contribution in [0, 0.1) is 0 Å². The molecule has 0 aliphatic carbocycles. The Hall–Kier alpha value is -3.33. The number of halogens is 3. The lowest BCUT2D eigenvalue weighted by Crippen LogP contribution is -2.43. The molecule has 2 aromatic heterocycles. The van der Waals surface area contributed by atoms with Gasteiger partial charge in [0.15, 0.2) is 0 Å². The zero-order valence-electron chi connectivity index (χ0n) is 16.1. The Morgan fingerprint density at radius 2 is 1.90 bits per heavy atom. The molecule has 0 fully saturated rings. The van der Waals surface area contributed by atoms with Crippen molar-refractivity contribution in [1.29, 1.82) is 0 Å². The van der Waals surface area contributed by atoms with E-state index in [4.69, 9.17) is 4.74 Å². The molecule has 2 heterocycles. The Labute approximate surface area is 169 Å². The summed E-state index contributed by atoms with van der Waals surface area (Å²) in [7, 11) is 1.62. The molecule has 0 radical (unpaired) electrons. The monoisotopic (exact) mass is 417 g/mol. The van der Waals surface area contributed by atoms with Gasteiger partial charge in [-0.05, 0) is 30.7 Å². The largest absolute Gasteiger partial charge is 0.448 e. The molecule has 1 N–H and O–H groups in total. The van der Waals surface area contributed by atoms with Gasteiger partial charge in [-0.2, -0.15) is 23.0 Å². The molecule has 9 heteroatoms. The van der Waals surface area contributed by atoms with Crippen molar-refractivity contribution >= 4 is 27.9 Å². The molecule has 2 aromatic carbocycles. The van der Waals surface area contributed by atoms with E-state index in [1.807, 2.05) is 0 Å². The molecule has 0 saturated carbocycles. The first-order valence-corrected chi connectivity index (χ1v) is 9.17. The van der Waals surface area contributed by atoms with Crippen molar-refractivity contribution in [2.24, 2.45) is 7.05 Å². The van der Waals surface area contributed by atoms with Crippen LogP contribution < -0.4 is 0 Å². The first-order chi connectivity index (χ1) is 14.2. The van der Waals surface area contributed by atoms with E-state index >= 15 is 0 Å². The fraction of sp³-hybridized carbons (Fsp3) is 0.238. The van der Waals surface area contributed by atoms with Gasteiger partial charge in [-0.3, -0.25) is 0 Å². The highest BCUT2D eigenvalue weighted by Crippen LogP contribution is 2.47. The molecule has 0 spiro atoms. The Kier molecular flexibility index (Phi) is 4.58. The lowest BCUT2D eigenvalue weighted by molar-refractivity contribution is -0.247. The quantitative estimate of drug-likeness (QED) is 0.539. The maximum atomic E-state index is 14.3. The smallest absolute Gasteiger partial charge is 0.435 e. The van der Waals surface area contributed by atoms with Gasteiger partial charge in [-0.15, -0.1) is 0 Å². The van der Waals surface area contributed by atoms with Crippen molar-refractivity contribution in [2.75, 3.05) is 6.61 Å². The maximum Gasteiger partial charge on any atom is 0.435 e. The van der Waals surface area contributed by atoms with Crippen LogP contribution in [0.15, 0.2) is 54.9 Å². The minimum absolute atomic E-state index is 0.132. The summed E-state index contributed by atoms with van der Waals surface area (Å²) < 4.78 is 50.3. The number of para-hydroxylation sites is 1. The van der Waals surface area contributed by atoms with Gasteiger partial charge in [-0.25, -0.2) is 4.79 Å². The lowest BCUT2D eigenvalue weighted by Gasteiger charge is -2.31. The summed E-state index contributed by atoms with van der Waals surface area (Å²) in [6.45, 7) is 1.77. The summed E-state index contributed by atoms with van der Waals surface area (Å²) >= 11 is 0. The molecule has 4 rings (SSSR count). The summed E-state index contributed by atoms with van der Waals surface area (Å²) in [5.74, 6) is 0. The van der Waals surface area contributed by atoms with Crippen LogP contribution >= 0.6 is 0 Å². The van der Waals surface area contributed by atoms with Crippen LogP contribution in [0.25, 0.3) is 21.8 Å². The molecule has 0 bridgehead atoms. The number of aryl methyl sites for hydroxylation is 1. The average molecular weight is 417 g/mol. The number of rotatable bonds is 3. The molecule has 156 valence electrons. The van der Waals surface area contributed by atoms with Crippen molar-refractivity contribution in [1.82, 2.24) is 14.3 Å². The second kappa shape index (κ2) is 6.88. The zero-order valence-corrected chi connectivity index (χ0v) is 16.1. The van der Waals surface area contributed by atoms with Crippen molar-refractivity contribution in [3.63, 3.8) is 0 Å². The van der Waals surface area contributed by atoms with E-state index in [0.717, 1.165) is 10.7 Å². The van der Waals surface area contributed by atoms with Gasteiger partial charge in [0.1, 0.15) is 0 Å². The predicted octanol–water partition coefficient (Wildman–Crippen LogP) is 4.33. The number of carbonyl (C=O) groups excluding carboxylic acids is 1. The van der Waals surface area contributed by atoms with Crippen LogP contribution in [0.2, 0.25) is 0 Å². The molecule has 0 aliphatic heterocycles. The van der Waals surface area contributed by atoms with E-state index in [9.17, 15) is 23.1 Å². The number of carbonyl (C=O) groups is 1. The van der Waals surface area contributed by atoms with Crippen molar-refractivity contribution in [2.45, 2.75) is 18.7 Å². The standard InChI is InChI=1S/C21H18F3N3O3/c1-3-30-19(28)27-17-9-8-14(10-13(17)11-25-27)20(29,21(22,23)24)16-12-26(2)18-7-5-4-6-15(16)18/h4-12,29H,3H2,1-2H3. The topological polar surface area (TPSA) is 69.3 Å². The first kappa shape index (κ1) is 20.0. The predicted molar refractivity (Wildman–Crippen MR) is 104 cm³/mol. The summed E-state index contributed by atoms with van der Waals surface area (Å²) in [5.41, 5.74) is -3.06. The molecule has 0 aliphatic rings. The Balaban J connectivity index is 1.93. The van der Waals surface area contributed by atoms with Crippen LogP contribution in [0.5, 0.6) is 0 Å². The molecule has 30 heavy (non-hydrogen) atoms. The number of hydrogen-bond donors (Lipinski definition) is 1. The highest BCUT2D eigenvalue weighted by atomic mass is 19.4. The lowest BCUT2D eigenvalue weighted by atomic mass is 9.85. The van der Waals surface area contributed by atoms with E-state index in [0.29, 0.717) is 10.9 Å². The number of ether oxygens (including phenoxy) is 1. The van der Waals surface area contributed by atoms with E-state index in [1.165, 1.54) is 24.5 Å². The second-order valence-electron chi connectivity index (χ2n) is 6.91. The number of nitrogens with zero attached hydrogens (tertiary/aromatic N) is 3. The van der Waals surface area contributed by atoms with Gasteiger partial charge in [0.2, 0.25) is 5.60 Å². The summed E-state index contributed by atoms with van der Waals surface area (Å²) in [5, 5.41) is 15.6. The number of aliphatic hydroxyl groups is 1. The third-order valence-electron chi connectivity index (χ3n) is 5.12. The zero-order chi connectivity index (χ0) is 21.7. The fourth-order valence-electron chi connectivity index (χ4n) is 3.69. The SMILES string of the molecule is CCOC(=O)n1ncc2cc(C(O)(c3cn(C)c4ccccc34)C(F)(F)F)ccc21. The van der Waals surface area contributed by atoms with Gasteiger partial charge in [-0.1, -0.05) is 24.3 Å². The number of hydrogen-bond acceptors (Lipinski definition) is 4. The molecular formula is C21H18F3N3O3. The summed E-state index contributed by atoms with van der Waals surface area (Å²) in [4.78, 5) is 12.0. The van der Waals surface area contributed by atoms with Crippen molar-refractivity contribution in [3.8, 4) is 0 Å². The number of benzene rings is 2. The molecule has 6 nitrogen and oxygen atoms in total. The van der Waals surface area contributed by atoms with Crippen LogP contribution in [-0.4, -0.2) is 38.3 Å². The van der Waals surface area contributed by atoms with Crippen molar-refractivity contribution < 1.29 is 27.8 Å². The molecule has 0 saturated heterocycles. The Bertz CT molecular complexity index is 1260. The molecule has 1 atom stereocenters. The average Bonchev–Trinajstić information content (AvgIpc) is 3.28. The van der Waals surface area contributed by atoms with Gasteiger partial charge in [0.05, 0.1) is 18.3 Å². The molecule has 0 amide bonds. The van der Waals surface area contributed by atoms with Crippen molar-refractivity contribution in [3.05, 3.63) is 66.0 Å². The van der Waals surface area contributed by atoms with E-state index in [1.54, 1.807) is 42.8 Å². The summed E-state index contributed by atoms with van der Waals surface area (Å²) in [6.07, 6.45) is -3.19. The minimum atomic E-state index is -5.00. The molecule has 1 unspecified atom stereocenters. The van der Waals surface area contributed by atoms with Gasteiger partial charge >= 0.3 is 12.3 Å². The first-order valence-electron chi connectivity index (χ1n) is 9.17. The van der Waals surface area contributed by atoms with Crippen LogP contribution in [0.3, 0.4) is 0 Å². The van der Waals surface area contributed by atoms with Gasteiger partial charge < -0.3 is 14.4 Å². The third-order valence-corrected chi connectivity index (χ3v) is 5.12. The Morgan fingerprint density at radius 3 is 2.60 bits per heavy atom. The van der Waals surface area contributed by atoms with Gasteiger partial charge in [0, 0.05) is 35.1 Å². The highest BCUT2D eigenvalue weighted by molar-refractivity contribution is 5.89. The minimum Gasteiger partial charge on any atom is -0.448 e. The maximum absolute atomic E-state index is 14.3.